The van der Waals surface area contributed by atoms with Crippen molar-refractivity contribution in [3.05, 3.63) is 83.4 Å². The second kappa shape index (κ2) is 10.2. The first-order valence-electron chi connectivity index (χ1n) is 9.69. The van der Waals surface area contributed by atoms with Crippen LogP contribution in [-0.2, 0) is 14.8 Å². The molecule has 0 saturated heterocycles. The highest BCUT2D eigenvalue weighted by Crippen LogP contribution is 2.31. The minimum absolute atomic E-state index is 0.101. The van der Waals surface area contributed by atoms with Crippen molar-refractivity contribution in [2.75, 3.05) is 21.9 Å². The van der Waals surface area contributed by atoms with Crippen LogP contribution in [0.15, 0.2) is 82.6 Å². The number of rotatable bonds is 8. The van der Waals surface area contributed by atoms with E-state index in [4.69, 9.17) is 11.6 Å². The molecule has 162 valence electrons. The number of anilines is 2. The van der Waals surface area contributed by atoms with Crippen LogP contribution in [0.25, 0.3) is 0 Å². The summed E-state index contributed by atoms with van der Waals surface area (Å²) in [6.07, 6.45) is 0. The number of para-hydroxylation sites is 1. The average Bonchev–Trinajstić information content (AvgIpc) is 2.76. The number of sulfonamides is 1. The third-order valence-corrected chi connectivity index (χ3v) is 7.73. The maximum absolute atomic E-state index is 13.5. The molecule has 0 aliphatic rings. The second-order valence-corrected chi connectivity index (χ2v) is 10.3. The van der Waals surface area contributed by atoms with Gasteiger partial charge in [-0.2, -0.15) is 0 Å². The lowest BCUT2D eigenvalue weighted by molar-refractivity contribution is -0.114. The normalized spacial score (nSPS) is 11.2. The van der Waals surface area contributed by atoms with Crippen molar-refractivity contribution in [2.24, 2.45) is 0 Å². The van der Waals surface area contributed by atoms with Crippen LogP contribution in [0.4, 0.5) is 11.4 Å². The number of hydrogen-bond acceptors (Lipinski definition) is 4. The first-order valence-corrected chi connectivity index (χ1v) is 12.5. The third-order valence-electron chi connectivity index (χ3n) is 4.59. The van der Waals surface area contributed by atoms with E-state index in [-0.39, 0.29) is 11.4 Å². The fraction of sp³-hybridized carbons (Fsp3) is 0.174. The smallest absolute Gasteiger partial charge is 0.264 e. The van der Waals surface area contributed by atoms with Crippen molar-refractivity contribution in [1.82, 2.24) is 0 Å². The van der Waals surface area contributed by atoms with Crippen LogP contribution in [0.2, 0.25) is 5.02 Å². The fourth-order valence-electron chi connectivity index (χ4n) is 3.06. The fourth-order valence-corrected chi connectivity index (χ4v) is 5.49. The molecule has 1 N–H and O–H groups in total. The molecular formula is C23H23ClN2O3S2. The summed E-state index contributed by atoms with van der Waals surface area (Å²) in [5.74, 6) is 0.409. The molecule has 3 rings (SSSR count). The van der Waals surface area contributed by atoms with Gasteiger partial charge < -0.3 is 5.32 Å². The van der Waals surface area contributed by atoms with Gasteiger partial charge in [-0.15, -0.1) is 11.8 Å². The maximum atomic E-state index is 13.5. The predicted molar refractivity (Wildman–Crippen MR) is 129 cm³/mol. The Bertz CT molecular complexity index is 1170. The van der Waals surface area contributed by atoms with Crippen LogP contribution in [0, 0.1) is 6.92 Å². The highest BCUT2D eigenvalue weighted by molar-refractivity contribution is 7.99. The topological polar surface area (TPSA) is 66.5 Å². The number of benzene rings is 3. The molecular weight excluding hydrogens is 452 g/mol. The molecule has 0 spiro atoms. The van der Waals surface area contributed by atoms with E-state index in [1.165, 1.54) is 12.1 Å². The molecule has 0 heterocycles. The second-order valence-electron chi connectivity index (χ2n) is 6.69. The van der Waals surface area contributed by atoms with Crippen LogP contribution >= 0.6 is 23.4 Å². The Morgan fingerprint density at radius 3 is 2.39 bits per heavy atom. The van der Waals surface area contributed by atoms with E-state index >= 15 is 0 Å². The van der Waals surface area contributed by atoms with Gasteiger partial charge in [0.15, 0.2) is 0 Å². The molecule has 31 heavy (non-hydrogen) atoms. The van der Waals surface area contributed by atoms with E-state index < -0.39 is 15.9 Å². The molecule has 0 fully saturated rings. The molecule has 0 saturated carbocycles. The first kappa shape index (κ1) is 23.2. The summed E-state index contributed by atoms with van der Waals surface area (Å²) in [7, 11) is -3.99. The molecule has 8 heteroatoms. The Morgan fingerprint density at radius 1 is 1.00 bits per heavy atom. The Morgan fingerprint density at radius 2 is 1.68 bits per heavy atom. The molecule has 0 bridgehead atoms. The highest BCUT2D eigenvalue weighted by Gasteiger charge is 2.28. The van der Waals surface area contributed by atoms with Gasteiger partial charge >= 0.3 is 0 Å². The van der Waals surface area contributed by atoms with Crippen molar-refractivity contribution in [3.63, 3.8) is 0 Å². The van der Waals surface area contributed by atoms with E-state index in [0.29, 0.717) is 22.0 Å². The monoisotopic (exact) mass is 474 g/mol. The van der Waals surface area contributed by atoms with E-state index in [1.54, 1.807) is 61.2 Å². The number of hydrogen-bond donors (Lipinski definition) is 1. The lowest BCUT2D eigenvalue weighted by Gasteiger charge is -2.26. The van der Waals surface area contributed by atoms with Crippen molar-refractivity contribution >= 4 is 50.7 Å². The van der Waals surface area contributed by atoms with Gasteiger partial charge in [-0.25, -0.2) is 8.42 Å². The number of carbonyl (C=O) groups is 1. The first-order chi connectivity index (χ1) is 14.8. The minimum atomic E-state index is -3.99. The molecule has 0 aliphatic carbocycles. The maximum Gasteiger partial charge on any atom is 0.264 e. The van der Waals surface area contributed by atoms with Gasteiger partial charge in [0.05, 0.1) is 16.3 Å². The van der Waals surface area contributed by atoms with Crippen molar-refractivity contribution in [2.45, 2.75) is 23.6 Å². The standard InChI is InChI=1S/C23H23ClN2O3S2/c1-3-30-22-15-8-7-13-20(22)25-23(27)16-26(21-14-9-12-19(24)17(21)2)31(28,29)18-10-5-4-6-11-18/h4-15H,3,16H2,1-2H3,(H,25,27). The van der Waals surface area contributed by atoms with Gasteiger partial charge in [-0.05, 0) is 54.6 Å². The largest absolute Gasteiger partial charge is 0.323 e. The van der Waals surface area contributed by atoms with Gasteiger partial charge in [0.25, 0.3) is 10.0 Å². The van der Waals surface area contributed by atoms with E-state index in [9.17, 15) is 13.2 Å². The lowest BCUT2D eigenvalue weighted by atomic mass is 10.2. The summed E-state index contributed by atoms with van der Waals surface area (Å²) in [4.78, 5) is 14.0. The molecule has 0 aliphatic heterocycles. The Labute approximate surface area is 192 Å². The zero-order valence-electron chi connectivity index (χ0n) is 17.2. The van der Waals surface area contributed by atoms with Crippen molar-refractivity contribution in [3.8, 4) is 0 Å². The Kier molecular flexibility index (Phi) is 7.64. The summed E-state index contributed by atoms with van der Waals surface area (Å²) in [6.45, 7) is 3.37. The minimum Gasteiger partial charge on any atom is -0.323 e. The number of amides is 1. The average molecular weight is 475 g/mol. The molecule has 0 unspecified atom stereocenters. The summed E-state index contributed by atoms with van der Waals surface area (Å²) >= 11 is 7.85. The number of carbonyl (C=O) groups excluding carboxylic acids is 1. The molecule has 3 aromatic carbocycles. The van der Waals surface area contributed by atoms with Crippen molar-refractivity contribution < 1.29 is 13.2 Å². The molecule has 0 radical (unpaired) electrons. The lowest BCUT2D eigenvalue weighted by Crippen LogP contribution is -2.38. The zero-order chi connectivity index (χ0) is 22.4. The van der Waals surface area contributed by atoms with Gasteiger partial charge in [0.2, 0.25) is 5.91 Å². The van der Waals surface area contributed by atoms with Crippen LogP contribution in [0.3, 0.4) is 0 Å². The van der Waals surface area contributed by atoms with E-state index in [2.05, 4.69) is 5.32 Å². The molecule has 1 amide bonds. The summed E-state index contributed by atoms with van der Waals surface area (Å²) in [5, 5.41) is 3.28. The van der Waals surface area contributed by atoms with Crippen LogP contribution in [0.1, 0.15) is 12.5 Å². The van der Waals surface area contributed by atoms with Gasteiger partial charge in [-0.1, -0.05) is 54.9 Å². The van der Waals surface area contributed by atoms with Gasteiger partial charge in [0.1, 0.15) is 6.54 Å². The Balaban J connectivity index is 1.98. The molecule has 0 atom stereocenters. The van der Waals surface area contributed by atoms with Crippen LogP contribution in [0.5, 0.6) is 0 Å². The van der Waals surface area contributed by atoms with Crippen LogP contribution < -0.4 is 9.62 Å². The quantitative estimate of drug-likeness (QED) is 0.432. The van der Waals surface area contributed by atoms with Gasteiger partial charge in [0, 0.05) is 9.92 Å². The highest BCUT2D eigenvalue weighted by atomic mass is 35.5. The Hall–Kier alpha value is -2.48. The van der Waals surface area contributed by atoms with Crippen molar-refractivity contribution in [1.29, 1.82) is 0 Å². The van der Waals surface area contributed by atoms with Gasteiger partial charge in [-0.3, -0.25) is 9.10 Å². The molecule has 5 nitrogen and oxygen atoms in total. The molecule has 3 aromatic rings. The number of nitrogens with zero attached hydrogens (tertiary/aromatic N) is 1. The zero-order valence-corrected chi connectivity index (χ0v) is 19.6. The summed E-state index contributed by atoms with van der Waals surface area (Å²) in [6, 6.07) is 20.5. The predicted octanol–water partition coefficient (Wildman–Crippen LogP) is 5.59. The van der Waals surface area contributed by atoms with E-state index in [1.807, 2.05) is 25.1 Å². The number of nitrogens with one attached hydrogen (secondary N) is 1. The number of halogens is 1. The third kappa shape index (κ3) is 5.42. The number of thioether (sulfide) groups is 1. The van der Waals surface area contributed by atoms with Crippen LogP contribution in [-0.4, -0.2) is 26.6 Å². The summed E-state index contributed by atoms with van der Waals surface area (Å²) < 4.78 is 28.0. The summed E-state index contributed by atoms with van der Waals surface area (Å²) in [5.41, 5.74) is 1.60. The SMILES string of the molecule is CCSc1ccccc1NC(=O)CN(c1cccc(Cl)c1C)S(=O)(=O)c1ccccc1. The van der Waals surface area contributed by atoms with E-state index in [0.717, 1.165) is 15.0 Å². The molecule has 0 aromatic heterocycles.